The summed E-state index contributed by atoms with van der Waals surface area (Å²) >= 11 is 1.42. The third kappa shape index (κ3) is 5.77. The van der Waals surface area contributed by atoms with Gasteiger partial charge in [0.15, 0.2) is 0 Å². The SMILES string of the molecule is CCc1ccc(-c2cc3ccn(C[C@@H]4CCC[C@H](Nc5cnn(I)c(=O)c5C(F)(F)F)C4)c(=O)c3cc2F)nc1. The van der Waals surface area contributed by atoms with E-state index in [-0.39, 0.29) is 28.6 Å². The Morgan fingerprint density at radius 1 is 1.10 bits per heavy atom. The first kappa shape index (κ1) is 28.2. The van der Waals surface area contributed by atoms with Gasteiger partial charge in [-0.2, -0.15) is 21.2 Å². The monoisotopic (exact) mass is 667 g/mol. The minimum absolute atomic E-state index is 0.000887. The van der Waals surface area contributed by atoms with Crippen molar-refractivity contribution in [2.75, 3.05) is 5.32 Å². The van der Waals surface area contributed by atoms with Gasteiger partial charge in [-0.25, -0.2) is 4.39 Å². The van der Waals surface area contributed by atoms with Gasteiger partial charge in [0.05, 0.1) is 45.8 Å². The Hall–Kier alpha value is -3.29. The van der Waals surface area contributed by atoms with Crippen LogP contribution in [0.2, 0.25) is 0 Å². The lowest BCUT2D eigenvalue weighted by atomic mass is 9.85. The maximum Gasteiger partial charge on any atom is 0.423 e. The van der Waals surface area contributed by atoms with Gasteiger partial charge in [0.25, 0.3) is 11.1 Å². The molecule has 0 amide bonds. The summed E-state index contributed by atoms with van der Waals surface area (Å²) in [5.74, 6) is -0.539. The average Bonchev–Trinajstić information content (AvgIpc) is 2.92. The normalized spacial score (nSPS) is 17.8. The molecule has 4 aromatic rings. The van der Waals surface area contributed by atoms with Crippen LogP contribution in [0.5, 0.6) is 0 Å². The molecule has 0 aliphatic heterocycles. The van der Waals surface area contributed by atoms with Crippen molar-refractivity contribution in [2.45, 2.75) is 57.8 Å². The molecule has 1 saturated carbocycles. The number of nitrogens with zero attached hydrogens (tertiary/aromatic N) is 4. The van der Waals surface area contributed by atoms with Crippen molar-refractivity contribution in [3.8, 4) is 11.3 Å². The number of fused-ring (bicyclic) bond motifs is 1. The first-order valence-corrected chi connectivity index (χ1v) is 13.9. The molecule has 1 N–H and O–H groups in total. The Kier molecular flexibility index (Phi) is 7.98. The third-order valence-corrected chi connectivity index (χ3v) is 8.08. The van der Waals surface area contributed by atoms with Gasteiger partial charge in [0.2, 0.25) is 0 Å². The highest BCUT2D eigenvalue weighted by Crippen LogP contribution is 2.34. The van der Waals surface area contributed by atoms with Crippen molar-refractivity contribution in [3.05, 3.63) is 86.6 Å². The number of aryl methyl sites for hydroxylation is 1. The van der Waals surface area contributed by atoms with Gasteiger partial charge in [-0.3, -0.25) is 14.6 Å². The summed E-state index contributed by atoms with van der Waals surface area (Å²) in [4.78, 5) is 29.8. The van der Waals surface area contributed by atoms with Gasteiger partial charge in [-0.1, -0.05) is 19.4 Å². The van der Waals surface area contributed by atoms with Crippen molar-refractivity contribution in [2.24, 2.45) is 5.92 Å². The van der Waals surface area contributed by atoms with Gasteiger partial charge in [-0.05, 0) is 66.8 Å². The van der Waals surface area contributed by atoms with Gasteiger partial charge >= 0.3 is 6.18 Å². The molecule has 1 fully saturated rings. The number of halogens is 5. The Morgan fingerprint density at radius 2 is 1.90 bits per heavy atom. The molecule has 0 saturated heterocycles. The smallest absolute Gasteiger partial charge is 0.380 e. The molecule has 0 unspecified atom stereocenters. The molecule has 3 heterocycles. The summed E-state index contributed by atoms with van der Waals surface area (Å²) in [5, 5.41) is 7.46. The summed E-state index contributed by atoms with van der Waals surface area (Å²) in [7, 11) is 0. The van der Waals surface area contributed by atoms with Crippen LogP contribution in [0.1, 0.15) is 43.7 Å². The molecule has 0 radical (unpaired) electrons. The lowest BCUT2D eigenvalue weighted by Crippen LogP contribution is -2.34. The number of nitrogens with one attached hydrogen (secondary N) is 1. The number of benzene rings is 1. The zero-order valence-electron chi connectivity index (χ0n) is 21.5. The van der Waals surface area contributed by atoms with E-state index in [4.69, 9.17) is 0 Å². The Morgan fingerprint density at radius 3 is 2.60 bits per heavy atom. The number of rotatable bonds is 6. The fraction of sp³-hybridized carbons (Fsp3) is 0.357. The minimum atomic E-state index is -4.83. The predicted octanol–water partition coefficient (Wildman–Crippen LogP) is 6.21. The van der Waals surface area contributed by atoms with E-state index in [2.05, 4.69) is 15.4 Å². The van der Waals surface area contributed by atoms with Crippen molar-refractivity contribution >= 4 is 39.3 Å². The Balaban J connectivity index is 1.36. The Bertz CT molecular complexity index is 1670. The summed E-state index contributed by atoms with van der Waals surface area (Å²) in [6, 6.07) is 7.96. The summed E-state index contributed by atoms with van der Waals surface area (Å²) in [5.41, 5.74) is -1.33. The molecule has 1 aromatic carbocycles. The largest absolute Gasteiger partial charge is 0.423 e. The topological polar surface area (TPSA) is 81.8 Å². The van der Waals surface area contributed by atoms with Crippen LogP contribution in [0, 0.1) is 11.7 Å². The highest BCUT2D eigenvalue weighted by Gasteiger charge is 2.39. The number of pyridine rings is 2. The van der Waals surface area contributed by atoms with Crippen LogP contribution in [0.15, 0.2) is 58.5 Å². The molecule has 2 atom stereocenters. The first-order valence-electron chi connectivity index (χ1n) is 13.0. The quantitative estimate of drug-likeness (QED) is 0.196. The fourth-order valence-corrected chi connectivity index (χ4v) is 5.71. The van der Waals surface area contributed by atoms with Gasteiger partial charge in [0, 0.05) is 30.5 Å². The number of anilines is 1. The molecule has 5 rings (SSSR count). The van der Waals surface area contributed by atoms with Crippen LogP contribution >= 0.6 is 22.9 Å². The number of aromatic nitrogens is 4. The summed E-state index contributed by atoms with van der Waals surface area (Å²) in [6.07, 6.45) is 3.04. The molecule has 210 valence electrons. The minimum Gasteiger partial charge on any atom is -0.380 e. The second-order valence-corrected chi connectivity index (χ2v) is 11.0. The molecule has 1 aliphatic carbocycles. The van der Waals surface area contributed by atoms with Crippen LogP contribution in [0.4, 0.5) is 23.2 Å². The van der Waals surface area contributed by atoms with Crippen molar-refractivity contribution in [1.29, 1.82) is 0 Å². The van der Waals surface area contributed by atoms with E-state index in [1.54, 1.807) is 30.6 Å². The number of hydrogen-bond acceptors (Lipinski definition) is 5. The third-order valence-electron chi connectivity index (χ3n) is 7.39. The zero-order valence-corrected chi connectivity index (χ0v) is 23.7. The summed E-state index contributed by atoms with van der Waals surface area (Å²) in [6.45, 7) is 2.35. The lowest BCUT2D eigenvalue weighted by molar-refractivity contribution is -0.138. The molecule has 0 bridgehead atoms. The maximum atomic E-state index is 15.1. The molecule has 1 aliphatic rings. The van der Waals surface area contributed by atoms with Crippen LogP contribution in [0.25, 0.3) is 22.0 Å². The molecular weight excluding hydrogens is 641 g/mol. The van der Waals surface area contributed by atoms with Crippen molar-refractivity contribution < 1.29 is 17.6 Å². The van der Waals surface area contributed by atoms with Gasteiger partial charge in [-0.15, -0.1) is 0 Å². The van der Waals surface area contributed by atoms with E-state index in [1.165, 1.54) is 33.5 Å². The van der Waals surface area contributed by atoms with Crippen molar-refractivity contribution in [3.63, 3.8) is 0 Å². The highest BCUT2D eigenvalue weighted by molar-refractivity contribution is 14.1. The number of hydrogen-bond donors (Lipinski definition) is 1. The van der Waals surface area contributed by atoms with Crippen LogP contribution in [0.3, 0.4) is 0 Å². The summed E-state index contributed by atoms with van der Waals surface area (Å²) < 4.78 is 58.1. The van der Waals surface area contributed by atoms with Gasteiger partial charge in [0.1, 0.15) is 11.4 Å². The van der Waals surface area contributed by atoms with Gasteiger partial charge < -0.3 is 9.88 Å². The average molecular weight is 667 g/mol. The van der Waals surface area contributed by atoms with E-state index in [1.807, 2.05) is 13.0 Å². The fourth-order valence-electron chi connectivity index (χ4n) is 5.34. The maximum absolute atomic E-state index is 15.1. The Labute approximate surface area is 240 Å². The molecule has 40 heavy (non-hydrogen) atoms. The highest BCUT2D eigenvalue weighted by atomic mass is 127. The second-order valence-electron chi connectivity index (χ2n) is 10.1. The van der Waals surface area contributed by atoms with E-state index in [9.17, 15) is 22.8 Å². The standard InChI is InChI=1S/C28H26F4IN5O2/c1-2-16-6-7-23(34-13-16)21-11-18-8-9-37(26(39)20(18)12-22(21)29)15-17-4-3-5-19(10-17)36-24-14-35-38(33)27(40)25(24)28(30,31)32/h6-9,11-14,17,19,36H,2-5,10,15H2,1H3/t17-,19+/m1/s1. The van der Waals surface area contributed by atoms with E-state index < -0.39 is 23.1 Å². The van der Waals surface area contributed by atoms with E-state index in [0.29, 0.717) is 38.9 Å². The molecule has 0 spiro atoms. The molecule has 3 aromatic heterocycles. The van der Waals surface area contributed by atoms with E-state index >= 15 is 4.39 Å². The zero-order chi connectivity index (χ0) is 28.6. The molecule has 7 nitrogen and oxygen atoms in total. The van der Waals surface area contributed by atoms with Crippen LogP contribution in [-0.2, 0) is 19.1 Å². The van der Waals surface area contributed by atoms with Crippen LogP contribution in [-0.4, -0.2) is 23.6 Å². The predicted molar refractivity (Wildman–Crippen MR) is 153 cm³/mol. The molecular formula is C28H26F4IN5O2. The second kappa shape index (κ2) is 11.3. The van der Waals surface area contributed by atoms with E-state index in [0.717, 1.165) is 31.0 Å². The molecule has 12 heteroatoms. The van der Waals surface area contributed by atoms with Crippen molar-refractivity contribution in [1.82, 2.24) is 17.5 Å². The first-order chi connectivity index (χ1) is 19.0. The lowest BCUT2D eigenvalue weighted by Gasteiger charge is -2.31. The van der Waals surface area contributed by atoms with Crippen LogP contribution < -0.4 is 16.4 Å². The number of alkyl halides is 3.